The van der Waals surface area contributed by atoms with Crippen LogP contribution < -0.4 is 20.3 Å². The van der Waals surface area contributed by atoms with Gasteiger partial charge in [-0.25, -0.2) is 5.43 Å². The Bertz CT molecular complexity index is 1710. The topological polar surface area (TPSA) is 81.9 Å². The summed E-state index contributed by atoms with van der Waals surface area (Å²) in [5.41, 5.74) is 5.54. The van der Waals surface area contributed by atoms with Crippen LogP contribution in [0.15, 0.2) is 99.3 Å². The molecule has 196 valence electrons. The first-order chi connectivity index (χ1) is 18.9. The molecule has 39 heavy (non-hydrogen) atoms. The highest BCUT2D eigenvalue weighted by molar-refractivity contribution is 9.10. The predicted molar refractivity (Wildman–Crippen MR) is 158 cm³/mol. The van der Waals surface area contributed by atoms with E-state index in [9.17, 15) is 9.59 Å². The molecule has 9 heteroatoms. The van der Waals surface area contributed by atoms with E-state index in [4.69, 9.17) is 21.1 Å². The molecule has 5 aromatic rings. The van der Waals surface area contributed by atoms with E-state index in [1.807, 2.05) is 71.3 Å². The van der Waals surface area contributed by atoms with Crippen LogP contribution in [0.25, 0.3) is 21.8 Å². The van der Waals surface area contributed by atoms with Gasteiger partial charge in [0.25, 0.3) is 5.91 Å². The Morgan fingerprint density at radius 2 is 1.64 bits per heavy atom. The van der Waals surface area contributed by atoms with Gasteiger partial charge in [-0.2, -0.15) is 5.10 Å². The lowest BCUT2D eigenvalue weighted by molar-refractivity contribution is -0.121. The molecule has 0 aliphatic rings. The number of methoxy groups -OCH3 is 1. The Labute approximate surface area is 237 Å². The van der Waals surface area contributed by atoms with Crippen molar-refractivity contribution in [3.8, 4) is 11.5 Å². The highest BCUT2D eigenvalue weighted by Gasteiger charge is 2.14. The van der Waals surface area contributed by atoms with Crippen LogP contribution in [0, 0.1) is 0 Å². The quantitative estimate of drug-likeness (QED) is 0.128. The lowest BCUT2D eigenvalue weighted by Crippen LogP contribution is -2.25. The number of fused-ring (bicyclic) bond motifs is 2. The maximum absolute atomic E-state index is 12.9. The molecule has 1 aromatic heterocycles. The molecular formula is C30H23BrClN3O4. The Morgan fingerprint density at radius 1 is 1.00 bits per heavy atom. The van der Waals surface area contributed by atoms with E-state index in [1.54, 1.807) is 25.3 Å². The van der Waals surface area contributed by atoms with Gasteiger partial charge in [-0.05, 0) is 75.6 Å². The molecule has 7 nitrogen and oxygen atoms in total. The summed E-state index contributed by atoms with van der Waals surface area (Å²) in [6, 6.07) is 25.5. The fourth-order valence-corrected chi connectivity index (χ4v) is 5.00. The third kappa shape index (κ3) is 5.82. The molecule has 0 radical (unpaired) electrons. The first-order valence-electron chi connectivity index (χ1n) is 12.0. The van der Waals surface area contributed by atoms with Crippen LogP contribution in [-0.4, -0.2) is 23.8 Å². The zero-order valence-corrected chi connectivity index (χ0v) is 23.2. The van der Waals surface area contributed by atoms with Crippen LogP contribution in [0.4, 0.5) is 0 Å². The van der Waals surface area contributed by atoms with Crippen LogP contribution in [0.5, 0.6) is 11.5 Å². The van der Waals surface area contributed by atoms with Crippen LogP contribution in [-0.2, 0) is 17.9 Å². The maximum Gasteiger partial charge on any atom is 0.260 e. The van der Waals surface area contributed by atoms with Gasteiger partial charge in [-0.3, -0.25) is 9.59 Å². The summed E-state index contributed by atoms with van der Waals surface area (Å²) in [5.74, 6) is 0.724. The van der Waals surface area contributed by atoms with E-state index >= 15 is 0 Å². The van der Waals surface area contributed by atoms with Gasteiger partial charge in [0, 0.05) is 15.8 Å². The van der Waals surface area contributed by atoms with E-state index in [0.29, 0.717) is 55.0 Å². The lowest BCUT2D eigenvalue weighted by Gasteiger charge is -2.14. The second-order valence-electron chi connectivity index (χ2n) is 8.69. The molecule has 0 fully saturated rings. The van der Waals surface area contributed by atoms with Gasteiger partial charge < -0.3 is 14.0 Å². The number of pyridine rings is 1. The third-order valence-electron chi connectivity index (χ3n) is 6.13. The Morgan fingerprint density at radius 3 is 2.28 bits per heavy atom. The van der Waals surface area contributed by atoms with Crippen molar-refractivity contribution in [2.75, 3.05) is 7.11 Å². The number of ether oxygens (including phenoxy) is 2. The van der Waals surface area contributed by atoms with Gasteiger partial charge >= 0.3 is 0 Å². The highest BCUT2D eigenvalue weighted by Crippen LogP contribution is 2.37. The van der Waals surface area contributed by atoms with Crippen molar-refractivity contribution in [2.45, 2.75) is 13.2 Å². The molecule has 0 bridgehead atoms. The average molecular weight is 605 g/mol. The Kier molecular flexibility index (Phi) is 7.95. The molecule has 0 aliphatic carbocycles. The Hall–Kier alpha value is -4.14. The SMILES string of the molecule is COc1cc(/C=N\NC(=O)Cn2c3ccccc3c(=O)c3ccccc32)cc(Br)c1OCc1ccc(Cl)cc1. The summed E-state index contributed by atoms with van der Waals surface area (Å²) < 4.78 is 14.0. The number of halogens is 2. The molecule has 5 rings (SSSR count). The molecular weight excluding hydrogens is 582 g/mol. The van der Waals surface area contributed by atoms with E-state index in [0.717, 1.165) is 5.56 Å². The van der Waals surface area contributed by atoms with Crippen molar-refractivity contribution < 1.29 is 14.3 Å². The number of carbonyl (C=O) groups is 1. The molecule has 0 saturated carbocycles. The van der Waals surface area contributed by atoms with E-state index < -0.39 is 0 Å². The van der Waals surface area contributed by atoms with Crippen molar-refractivity contribution in [1.82, 2.24) is 9.99 Å². The lowest BCUT2D eigenvalue weighted by atomic mass is 10.1. The third-order valence-corrected chi connectivity index (χ3v) is 6.97. The number of para-hydroxylation sites is 2. The molecule has 1 amide bonds. The van der Waals surface area contributed by atoms with Crippen LogP contribution in [0.3, 0.4) is 0 Å². The second-order valence-corrected chi connectivity index (χ2v) is 9.98. The van der Waals surface area contributed by atoms with Gasteiger partial charge in [0.1, 0.15) is 13.2 Å². The van der Waals surface area contributed by atoms with Crippen molar-refractivity contribution in [1.29, 1.82) is 0 Å². The first-order valence-corrected chi connectivity index (χ1v) is 13.2. The van der Waals surface area contributed by atoms with Crippen molar-refractivity contribution >= 4 is 61.5 Å². The van der Waals surface area contributed by atoms with Crippen LogP contribution in [0.2, 0.25) is 5.02 Å². The standard InChI is InChI=1S/C30H23BrClN3O4/c1-38-27-15-20(14-24(31)30(27)39-18-19-10-12-21(32)13-11-19)16-33-34-28(36)17-35-25-8-4-2-6-22(25)29(37)23-7-3-5-9-26(23)35/h2-16H,17-18H2,1H3,(H,34,36)/b33-16-. The molecule has 4 aromatic carbocycles. The van der Waals surface area contributed by atoms with Gasteiger partial charge in [-0.15, -0.1) is 0 Å². The summed E-state index contributed by atoms with van der Waals surface area (Å²) in [6.45, 7) is 0.327. The van der Waals surface area contributed by atoms with Crippen LogP contribution in [0.1, 0.15) is 11.1 Å². The van der Waals surface area contributed by atoms with Gasteiger partial charge in [0.2, 0.25) is 0 Å². The zero-order valence-electron chi connectivity index (χ0n) is 20.9. The highest BCUT2D eigenvalue weighted by atomic mass is 79.9. The first kappa shape index (κ1) is 26.5. The number of nitrogens with one attached hydrogen (secondary N) is 1. The number of hydrazone groups is 1. The van der Waals surface area contributed by atoms with E-state index in [1.165, 1.54) is 6.21 Å². The number of amides is 1. The molecule has 1 N–H and O–H groups in total. The van der Waals surface area contributed by atoms with E-state index in [2.05, 4.69) is 26.5 Å². The summed E-state index contributed by atoms with van der Waals surface area (Å²) in [5, 5.41) is 5.91. The minimum Gasteiger partial charge on any atom is -0.493 e. The molecule has 0 aliphatic heterocycles. The predicted octanol–water partition coefficient (Wildman–Crippen LogP) is 6.31. The number of nitrogens with zero attached hydrogens (tertiary/aromatic N) is 2. The largest absolute Gasteiger partial charge is 0.493 e. The maximum atomic E-state index is 12.9. The average Bonchev–Trinajstić information content (AvgIpc) is 2.95. The molecule has 0 saturated heterocycles. The van der Waals surface area contributed by atoms with Crippen molar-refractivity contribution in [2.24, 2.45) is 5.10 Å². The second kappa shape index (κ2) is 11.7. The summed E-state index contributed by atoms with van der Waals surface area (Å²) in [6.07, 6.45) is 1.52. The number of carbonyl (C=O) groups excluding carboxylic acids is 1. The fraction of sp³-hybridized carbons (Fsp3) is 0.100. The number of hydrogen-bond donors (Lipinski definition) is 1. The fourth-order valence-electron chi connectivity index (χ4n) is 4.30. The summed E-state index contributed by atoms with van der Waals surface area (Å²) >= 11 is 9.49. The van der Waals surface area contributed by atoms with E-state index in [-0.39, 0.29) is 17.9 Å². The van der Waals surface area contributed by atoms with Gasteiger partial charge in [-0.1, -0.05) is 48.0 Å². The zero-order chi connectivity index (χ0) is 27.4. The Balaban J connectivity index is 1.32. The number of rotatable bonds is 8. The molecule has 0 unspecified atom stereocenters. The minimum atomic E-state index is -0.334. The number of aromatic nitrogens is 1. The molecule has 0 atom stereocenters. The van der Waals surface area contributed by atoms with Crippen molar-refractivity contribution in [3.05, 3.63) is 116 Å². The monoisotopic (exact) mass is 603 g/mol. The molecule has 0 spiro atoms. The van der Waals surface area contributed by atoms with Crippen LogP contribution >= 0.6 is 27.5 Å². The van der Waals surface area contributed by atoms with Crippen molar-refractivity contribution in [3.63, 3.8) is 0 Å². The smallest absolute Gasteiger partial charge is 0.260 e. The number of benzene rings is 4. The summed E-state index contributed by atoms with van der Waals surface area (Å²) in [4.78, 5) is 25.8. The van der Waals surface area contributed by atoms with Gasteiger partial charge in [0.05, 0.1) is 28.8 Å². The van der Waals surface area contributed by atoms with Gasteiger partial charge in [0.15, 0.2) is 16.9 Å². The minimum absolute atomic E-state index is 0.0108. The molecule has 1 heterocycles. The summed E-state index contributed by atoms with van der Waals surface area (Å²) in [7, 11) is 1.55. The number of hydrogen-bond acceptors (Lipinski definition) is 5. The normalized spacial score (nSPS) is 11.3.